The second-order valence-electron chi connectivity index (χ2n) is 3.68. The van der Waals surface area contributed by atoms with Crippen molar-refractivity contribution >= 4 is 21.7 Å². The van der Waals surface area contributed by atoms with Crippen LogP contribution in [0, 0.1) is 6.92 Å². The van der Waals surface area contributed by atoms with Gasteiger partial charge in [-0.25, -0.2) is 4.98 Å². The van der Waals surface area contributed by atoms with Crippen LogP contribution in [0.5, 0.6) is 0 Å². The Bertz CT molecular complexity index is 366. The van der Waals surface area contributed by atoms with Crippen molar-refractivity contribution in [3.63, 3.8) is 0 Å². The fraction of sp³-hybridized carbons (Fsp3) is 0.500. The molecule has 0 saturated carbocycles. The average Bonchev–Trinajstić information content (AvgIpc) is 2.08. The van der Waals surface area contributed by atoms with E-state index >= 15 is 0 Å². The summed E-state index contributed by atoms with van der Waals surface area (Å²) in [6.07, 6.45) is -3.46. The first-order chi connectivity index (χ1) is 7.28. The van der Waals surface area contributed by atoms with Crippen LogP contribution in [-0.2, 0) is 0 Å². The zero-order valence-electron chi connectivity index (χ0n) is 8.90. The number of aryl methyl sites for hydroxylation is 1. The molecule has 0 radical (unpaired) electrons. The lowest BCUT2D eigenvalue weighted by Crippen LogP contribution is -2.24. The Labute approximate surface area is 100 Å². The molecule has 0 saturated heterocycles. The molecule has 1 unspecified atom stereocenters. The summed E-state index contributed by atoms with van der Waals surface area (Å²) in [5, 5.41) is 2.71. The second kappa shape index (κ2) is 5.03. The summed E-state index contributed by atoms with van der Waals surface area (Å²) in [4.78, 5) is 3.98. The van der Waals surface area contributed by atoms with Crippen LogP contribution < -0.4 is 5.32 Å². The summed E-state index contributed by atoms with van der Waals surface area (Å²) in [5.74, 6) is 0.456. The Morgan fingerprint density at radius 3 is 2.62 bits per heavy atom. The molecule has 90 valence electrons. The molecule has 0 bridgehead atoms. The Balaban J connectivity index is 2.63. The Morgan fingerprint density at radius 2 is 2.12 bits per heavy atom. The van der Waals surface area contributed by atoms with E-state index in [-0.39, 0.29) is 0 Å². The van der Waals surface area contributed by atoms with Gasteiger partial charge in [-0.2, -0.15) is 13.2 Å². The Hall–Kier alpha value is -0.780. The maximum atomic E-state index is 12.1. The number of hydrogen-bond acceptors (Lipinski definition) is 2. The molecule has 2 nitrogen and oxygen atoms in total. The van der Waals surface area contributed by atoms with Gasteiger partial charge in [-0.1, -0.05) is 0 Å². The second-order valence-corrected chi connectivity index (χ2v) is 4.54. The number of pyridine rings is 1. The van der Waals surface area contributed by atoms with Crippen molar-refractivity contribution in [2.45, 2.75) is 32.5 Å². The molecular weight excluding hydrogens is 285 g/mol. The number of rotatable bonds is 3. The van der Waals surface area contributed by atoms with Crippen LogP contribution in [0.4, 0.5) is 19.0 Å². The van der Waals surface area contributed by atoms with Crippen molar-refractivity contribution < 1.29 is 13.2 Å². The van der Waals surface area contributed by atoms with Crippen molar-refractivity contribution in [2.75, 3.05) is 5.32 Å². The third-order valence-corrected chi connectivity index (χ3v) is 2.81. The Morgan fingerprint density at radius 1 is 1.50 bits per heavy atom. The minimum Gasteiger partial charge on any atom is -0.367 e. The maximum Gasteiger partial charge on any atom is 0.391 e. The SMILES string of the molecule is Cc1cc(NC(C)CC(F)(F)F)ncc1Br. The molecule has 16 heavy (non-hydrogen) atoms. The van der Waals surface area contributed by atoms with Gasteiger partial charge in [-0.3, -0.25) is 0 Å². The van der Waals surface area contributed by atoms with E-state index in [1.807, 2.05) is 6.92 Å². The number of halogens is 4. The summed E-state index contributed by atoms with van der Waals surface area (Å²) in [6.45, 7) is 3.33. The number of alkyl halides is 3. The van der Waals surface area contributed by atoms with Crippen LogP contribution >= 0.6 is 15.9 Å². The molecule has 6 heteroatoms. The average molecular weight is 297 g/mol. The van der Waals surface area contributed by atoms with Gasteiger partial charge >= 0.3 is 6.18 Å². The van der Waals surface area contributed by atoms with E-state index in [9.17, 15) is 13.2 Å². The molecule has 1 heterocycles. The van der Waals surface area contributed by atoms with Crippen molar-refractivity contribution in [3.8, 4) is 0 Å². The zero-order valence-corrected chi connectivity index (χ0v) is 10.5. The first-order valence-electron chi connectivity index (χ1n) is 4.73. The smallest absolute Gasteiger partial charge is 0.367 e. The monoisotopic (exact) mass is 296 g/mol. The lowest BCUT2D eigenvalue weighted by molar-refractivity contribution is -0.136. The van der Waals surface area contributed by atoms with Gasteiger partial charge in [0.2, 0.25) is 0 Å². The molecular formula is C10H12BrF3N2. The molecule has 1 N–H and O–H groups in total. The summed E-state index contributed by atoms with van der Waals surface area (Å²) in [5.41, 5.74) is 0.928. The van der Waals surface area contributed by atoms with E-state index in [1.54, 1.807) is 12.3 Å². The van der Waals surface area contributed by atoms with Gasteiger partial charge in [0.15, 0.2) is 0 Å². The van der Waals surface area contributed by atoms with Crippen molar-refractivity contribution in [1.82, 2.24) is 4.98 Å². The third-order valence-electron chi connectivity index (χ3n) is 1.98. The highest BCUT2D eigenvalue weighted by molar-refractivity contribution is 9.10. The molecule has 0 aliphatic carbocycles. The predicted octanol–water partition coefficient (Wildman–Crippen LogP) is 3.91. The van der Waals surface area contributed by atoms with E-state index < -0.39 is 18.6 Å². The van der Waals surface area contributed by atoms with Crippen LogP contribution in [-0.4, -0.2) is 17.2 Å². The highest BCUT2D eigenvalue weighted by Crippen LogP contribution is 2.23. The topological polar surface area (TPSA) is 24.9 Å². The first kappa shape index (κ1) is 13.3. The zero-order chi connectivity index (χ0) is 12.3. The van der Waals surface area contributed by atoms with Crippen molar-refractivity contribution in [3.05, 3.63) is 22.3 Å². The number of nitrogens with one attached hydrogen (secondary N) is 1. The predicted molar refractivity (Wildman–Crippen MR) is 60.4 cm³/mol. The van der Waals surface area contributed by atoms with E-state index in [0.717, 1.165) is 10.0 Å². The molecule has 0 aliphatic rings. The standard InChI is InChI=1S/C10H12BrF3N2/c1-6-3-9(15-5-8(6)11)16-7(2)4-10(12,13)14/h3,5,7H,4H2,1-2H3,(H,15,16). The fourth-order valence-corrected chi connectivity index (χ4v) is 1.49. The molecule has 1 atom stereocenters. The molecule has 1 aromatic heterocycles. The van der Waals surface area contributed by atoms with Crippen LogP contribution in [0.3, 0.4) is 0 Å². The molecule has 0 aliphatic heterocycles. The minimum atomic E-state index is -4.16. The Kier molecular flexibility index (Phi) is 4.18. The number of nitrogens with zero attached hydrogens (tertiary/aromatic N) is 1. The normalized spacial score (nSPS) is 13.6. The molecule has 0 aromatic carbocycles. The molecule has 0 spiro atoms. The number of anilines is 1. The lowest BCUT2D eigenvalue weighted by atomic mass is 10.2. The third kappa shape index (κ3) is 4.38. The van der Waals surface area contributed by atoms with Crippen molar-refractivity contribution in [2.24, 2.45) is 0 Å². The summed E-state index contributed by atoms with van der Waals surface area (Å²) < 4.78 is 37.1. The van der Waals surface area contributed by atoms with Crippen molar-refractivity contribution in [1.29, 1.82) is 0 Å². The lowest BCUT2D eigenvalue weighted by Gasteiger charge is -2.16. The van der Waals surface area contributed by atoms with Gasteiger partial charge in [0.05, 0.1) is 6.42 Å². The largest absolute Gasteiger partial charge is 0.391 e. The molecule has 1 rings (SSSR count). The molecule has 1 aromatic rings. The van der Waals surface area contributed by atoms with Gasteiger partial charge < -0.3 is 5.32 Å². The van der Waals surface area contributed by atoms with Crippen LogP contribution in [0.15, 0.2) is 16.7 Å². The van der Waals surface area contributed by atoms with Crippen LogP contribution in [0.2, 0.25) is 0 Å². The minimum absolute atomic E-state index is 0.456. The summed E-state index contributed by atoms with van der Waals surface area (Å²) in [7, 11) is 0. The van der Waals surface area contributed by atoms with Crippen LogP contribution in [0.1, 0.15) is 18.9 Å². The quantitative estimate of drug-likeness (QED) is 0.915. The number of hydrogen-bond donors (Lipinski definition) is 1. The van der Waals surface area contributed by atoms with E-state index in [1.165, 1.54) is 6.92 Å². The number of aromatic nitrogens is 1. The highest BCUT2D eigenvalue weighted by Gasteiger charge is 2.30. The van der Waals surface area contributed by atoms with Gasteiger partial charge in [0, 0.05) is 16.7 Å². The first-order valence-corrected chi connectivity index (χ1v) is 5.52. The van der Waals surface area contributed by atoms with E-state index in [0.29, 0.717) is 5.82 Å². The van der Waals surface area contributed by atoms with E-state index in [4.69, 9.17) is 0 Å². The van der Waals surface area contributed by atoms with E-state index in [2.05, 4.69) is 26.2 Å². The molecule has 0 fully saturated rings. The fourth-order valence-electron chi connectivity index (χ4n) is 1.27. The van der Waals surface area contributed by atoms with Gasteiger partial charge in [0.25, 0.3) is 0 Å². The summed E-state index contributed by atoms with van der Waals surface area (Å²) >= 11 is 3.27. The molecule has 0 amide bonds. The van der Waals surface area contributed by atoms with Gasteiger partial charge in [0.1, 0.15) is 5.82 Å². The van der Waals surface area contributed by atoms with Gasteiger partial charge in [-0.05, 0) is 41.4 Å². The van der Waals surface area contributed by atoms with Gasteiger partial charge in [-0.15, -0.1) is 0 Å². The highest BCUT2D eigenvalue weighted by atomic mass is 79.9. The summed E-state index contributed by atoms with van der Waals surface area (Å²) in [6, 6.07) is 1.02. The maximum absolute atomic E-state index is 12.1. The van der Waals surface area contributed by atoms with Crippen LogP contribution in [0.25, 0.3) is 0 Å².